The second-order valence-corrected chi connectivity index (χ2v) is 5.02. The summed E-state index contributed by atoms with van der Waals surface area (Å²) in [5.74, 6) is 0. The SMILES string of the molecule is C=C(C)/C(=C\C=C/C)Nc1ccc(C(=C)C)c(CC)c1. The molecule has 20 heavy (non-hydrogen) atoms. The molecule has 1 rings (SSSR count). The number of aryl methyl sites for hydroxylation is 1. The summed E-state index contributed by atoms with van der Waals surface area (Å²) >= 11 is 0. The zero-order valence-corrected chi connectivity index (χ0v) is 13.1. The third-order valence-corrected chi connectivity index (χ3v) is 3.14. The van der Waals surface area contributed by atoms with Gasteiger partial charge in [-0.1, -0.05) is 43.9 Å². The summed E-state index contributed by atoms with van der Waals surface area (Å²) < 4.78 is 0. The molecule has 1 aromatic rings. The van der Waals surface area contributed by atoms with Crippen LogP contribution in [0.3, 0.4) is 0 Å². The van der Waals surface area contributed by atoms with E-state index in [1.165, 1.54) is 11.1 Å². The lowest BCUT2D eigenvalue weighted by molar-refractivity contribution is 1.13. The van der Waals surface area contributed by atoms with E-state index < -0.39 is 0 Å². The molecule has 1 aromatic carbocycles. The van der Waals surface area contributed by atoms with E-state index >= 15 is 0 Å². The highest BCUT2D eigenvalue weighted by molar-refractivity contribution is 5.68. The molecule has 1 nitrogen and oxygen atoms in total. The highest BCUT2D eigenvalue weighted by Crippen LogP contribution is 2.24. The molecule has 1 N–H and O–H groups in total. The van der Waals surface area contributed by atoms with Crippen molar-refractivity contribution in [2.24, 2.45) is 0 Å². The highest BCUT2D eigenvalue weighted by Gasteiger charge is 2.04. The van der Waals surface area contributed by atoms with Crippen molar-refractivity contribution >= 4 is 11.3 Å². The molecule has 0 aromatic heterocycles. The van der Waals surface area contributed by atoms with Crippen LogP contribution in [0.2, 0.25) is 0 Å². The molecule has 0 unspecified atom stereocenters. The third-order valence-electron chi connectivity index (χ3n) is 3.14. The van der Waals surface area contributed by atoms with Crippen LogP contribution in [0.1, 0.15) is 38.8 Å². The van der Waals surface area contributed by atoms with Crippen molar-refractivity contribution < 1.29 is 0 Å². The normalized spacial score (nSPS) is 11.7. The Balaban J connectivity index is 3.09. The maximum Gasteiger partial charge on any atom is 0.0407 e. The van der Waals surface area contributed by atoms with E-state index in [2.05, 4.69) is 43.6 Å². The van der Waals surface area contributed by atoms with Gasteiger partial charge in [-0.25, -0.2) is 0 Å². The lowest BCUT2D eigenvalue weighted by Gasteiger charge is -2.14. The van der Waals surface area contributed by atoms with Crippen molar-refractivity contribution in [3.8, 4) is 0 Å². The molecule has 0 amide bonds. The zero-order valence-electron chi connectivity index (χ0n) is 13.1. The van der Waals surface area contributed by atoms with Gasteiger partial charge in [0.15, 0.2) is 0 Å². The predicted octanol–water partition coefficient (Wildman–Crippen LogP) is 5.73. The van der Waals surface area contributed by atoms with Crippen LogP contribution in [0.15, 0.2) is 60.9 Å². The number of hydrogen-bond donors (Lipinski definition) is 1. The van der Waals surface area contributed by atoms with Gasteiger partial charge in [-0.2, -0.15) is 0 Å². The van der Waals surface area contributed by atoms with E-state index in [1.54, 1.807) is 0 Å². The molecule has 0 aliphatic heterocycles. The first-order chi connectivity index (χ1) is 9.49. The molecular weight excluding hydrogens is 242 g/mol. The Hall–Kier alpha value is -2.02. The molecule has 0 atom stereocenters. The first-order valence-corrected chi connectivity index (χ1v) is 7.04. The van der Waals surface area contributed by atoms with E-state index in [0.29, 0.717) is 0 Å². The van der Waals surface area contributed by atoms with Gasteiger partial charge in [0.05, 0.1) is 0 Å². The molecule has 0 radical (unpaired) electrons. The van der Waals surface area contributed by atoms with Crippen LogP contribution < -0.4 is 5.32 Å². The van der Waals surface area contributed by atoms with Gasteiger partial charge < -0.3 is 5.32 Å². The fourth-order valence-electron chi connectivity index (χ4n) is 2.02. The lowest BCUT2D eigenvalue weighted by atomic mass is 9.99. The van der Waals surface area contributed by atoms with Crippen molar-refractivity contribution in [2.75, 3.05) is 5.32 Å². The van der Waals surface area contributed by atoms with Crippen LogP contribution in [-0.4, -0.2) is 0 Å². The second kappa shape index (κ2) is 7.54. The molecular formula is C19H25N. The number of hydrogen-bond acceptors (Lipinski definition) is 1. The zero-order chi connectivity index (χ0) is 15.1. The number of rotatable bonds is 6. The van der Waals surface area contributed by atoms with Crippen LogP contribution in [-0.2, 0) is 6.42 Å². The topological polar surface area (TPSA) is 12.0 Å². The van der Waals surface area contributed by atoms with Crippen molar-refractivity contribution in [3.05, 3.63) is 72.0 Å². The van der Waals surface area contributed by atoms with Crippen LogP contribution in [0.25, 0.3) is 5.57 Å². The van der Waals surface area contributed by atoms with Crippen molar-refractivity contribution in [3.63, 3.8) is 0 Å². The minimum atomic E-state index is 0.999. The van der Waals surface area contributed by atoms with Gasteiger partial charge in [-0.15, -0.1) is 0 Å². The average Bonchev–Trinajstić information content (AvgIpc) is 2.42. The first kappa shape index (κ1) is 16.0. The summed E-state index contributed by atoms with van der Waals surface area (Å²) in [5, 5.41) is 3.43. The first-order valence-electron chi connectivity index (χ1n) is 7.04. The Labute approximate surface area is 123 Å². The minimum absolute atomic E-state index is 0.999. The summed E-state index contributed by atoms with van der Waals surface area (Å²) in [5.41, 5.74) is 6.81. The molecule has 0 saturated carbocycles. The van der Waals surface area contributed by atoms with E-state index in [-0.39, 0.29) is 0 Å². The molecule has 0 saturated heterocycles. The second-order valence-electron chi connectivity index (χ2n) is 5.02. The van der Waals surface area contributed by atoms with Crippen molar-refractivity contribution in [1.29, 1.82) is 0 Å². The van der Waals surface area contributed by atoms with E-state index in [9.17, 15) is 0 Å². The molecule has 0 aliphatic rings. The largest absolute Gasteiger partial charge is 0.355 e. The summed E-state index contributed by atoms with van der Waals surface area (Å²) in [7, 11) is 0. The van der Waals surface area contributed by atoms with E-state index in [4.69, 9.17) is 0 Å². The number of nitrogens with one attached hydrogen (secondary N) is 1. The van der Waals surface area contributed by atoms with E-state index in [1.807, 2.05) is 39.0 Å². The van der Waals surface area contributed by atoms with Gasteiger partial charge in [-0.05, 0) is 62.1 Å². The van der Waals surface area contributed by atoms with Gasteiger partial charge >= 0.3 is 0 Å². The number of allylic oxidation sites excluding steroid dienone is 5. The highest BCUT2D eigenvalue weighted by atomic mass is 14.9. The summed E-state index contributed by atoms with van der Waals surface area (Å²) in [6.07, 6.45) is 7.06. The van der Waals surface area contributed by atoms with Crippen molar-refractivity contribution in [2.45, 2.75) is 34.1 Å². The smallest absolute Gasteiger partial charge is 0.0407 e. The Morgan fingerprint density at radius 2 is 1.95 bits per heavy atom. The molecule has 0 aliphatic carbocycles. The Bertz CT molecular complexity index is 559. The minimum Gasteiger partial charge on any atom is -0.355 e. The summed E-state index contributed by atoms with van der Waals surface area (Å²) in [6, 6.07) is 6.42. The lowest BCUT2D eigenvalue weighted by Crippen LogP contribution is -2.01. The van der Waals surface area contributed by atoms with Gasteiger partial charge in [0.25, 0.3) is 0 Å². The van der Waals surface area contributed by atoms with E-state index in [0.717, 1.165) is 29.0 Å². The monoisotopic (exact) mass is 267 g/mol. The maximum atomic E-state index is 4.04. The summed E-state index contributed by atoms with van der Waals surface area (Å²) in [4.78, 5) is 0. The van der Waals surface area contributed by atoms with Crippen molar-refractivity contribution in [1.82, 2.24) is 0 Å². The average molecular weight is 267 g/mol. The van der Waals surface area contributed by atoms with Crippen LogP contribution in [0.5, 0.6) is 0 Å². The van der Waals surface area contributed by atoms with Gasteiger partial charge in [0, 0.05) is 11.4 Å². The fourth-order valence-corrected chi connectivity index (χ4v) is 2.02. The van der Waals surface area contributed by atoms with Gasteiger partial charge in [-0.3, -0.25) is 0 Å². The van der Waals surface area contributed by atoms with Crippen LogP contribution in [0.4, 0.5) is 5.69 Å². The Morgan fingerprint density at radius 1 is 1.25 bits per heavy atom. The molecule has 0 fully saturated rings. The van der Waals surface area contributed by atoms with Gasteiger partial charge in [0.2, 0.25) is 0 Å². The standard InChI is InChI=1S/C19H25N/c1-7-9-10-19(15(5)6)20-17-11-12-18(14(3)4)16(8-2)13-17/h7,9-13,20H,3,5,8H2,1-2,4,6H3/b9-7-,19-10+. The predicted molar refractivity (Wildman–Crippen MR) is 91.9 cm³/mol. The number of anilines is 1. The quantitative estimate of drug-likeness (QED) is 0.649. The number of benzene rings is 1. The summed E-state index contributed by atoms with van der Waals surface area (Å²) in [6.45, 7) is 16.3. The maximum absolute atomic E-state index is 4.04. The molecule has 0 heterocycles. The molecule has 0 bridgehead atoms. The third kappa shape index (κ3) is 4.27. The Morgan fingerprint density at radius 3 is 2.45 bits per heavy atom. The molecule has 0 spiro atoms. The van der Waals surface area contributed by atoms with Crippen LogP contribution in [0, 0.1) is 0 Å². The fraction of sp³-hybridized carbons (Fsp3) is 0.263. The molecule has 1 heteroatoms. The van der Waals surface area contributed by atoms with Gasteiger partial charge in [0.1, 0.15) is 0 Å². The van der Waals surface area contributed by atoms with Crippen LogP contribution >= 0.6 is 0 Å². The Kier molecular flexibility index (Phi) is 6.05. The molecule has 106 valence electrons.